The topological polar surface area (TPSA) is 0 Å². The number of halogens is 4. The molecule has 44 heavy (non-hydrogen) atoms. The van der Waals surface area contributed by atoms with Crippen LogP contribution in [0.1, 0.15) is 0 Å². The fraction of sp³-hybridized carbons (Fsp3) is 0. The second-order valence-corrected chi connectivity index (χ2v) is 13.8. The van der Waals surface area contributed by atoms with Crippen molar-refractivity contribution in [3.63, 3.8) is 0 Å². The number of fused-ring (bicyclic) bond motifs is 12. The van der Waals surface area contributed by atoms with E-state index in [0.29, 0.717) is 0 Å². The third-order valence-electron chi connectivity index (χ3n) is 10.1. The molecule has 0 unspecified atom stereocenters. The fourth-order valence-corrected chi connectivity index (χ4v) is 9.24. The summed E-state index contributed by atoms with van der Waals surface area (Å²) >= 11 is 26.8. The van der Waals surface area contributed by atoms with Crippen LogP contribution in [0.15, 0.2) is 97.1 Å². The van der Waals surface area contributed by atoms with E-state index in [2.05, 4.69) is 72.8 Å². The third kappa shape index (κ3) is 2.72. The van der Waals surface area contributed by atoms with Crippen molar-refractivity contribution in [2.75, 3.05) is 0 Å². The molecule has 0 fully saturated rings. The molecule has 0 aliphatic carbocycles. The summed E-state index contributed by atoms with van der Waals surface area (Å²) in [6.07, 6.45) is 0. The van der Waals surface area contributed by atoms with Crippen LogP contribution in [-0.4, -0.2) is 0 Å². The molecule has 0 saturated carbocycles. The number of benzene rings is 11. The van der Waals surface area contributed by atoms with Gasteiger partial charge < -0.3 is 0 Å². The van der Waals surface area contributed by atoms with E-state index in [0.717, 1.165) is 41.6 Å². The summed E-state index contributed by atoms with van der Waals surface area (Å²) < 4.78 is 0. The molecule has 11 rings (SSSR count). The van der Waals surface area contributed by atoms with Crippen LogP contribution in [-0.2, 0) is 0 Å². The highest BCUT2D eigenvalue weighted by Crippen LogP contribution is 2.56. The zero-order valence-electron chi connectivity index (χ0n) is 22.7. The van der Waals surface area contributed by atoms with Gasteiger partial charge in [-0.15, -0.1) is 0 Å². The lowest BCUT2D eigenvalue weighted by atomic mass is 9.77. The smallest absolute Gasteiger partial charge is 0.0412 e. The van der Waals surface area contributed by atoms with Gasteiger partial charge in [0.2, 0.25) is 0 Å². The van der Waals surface area contributed by atoms with E-state index < -0.39 is 0 Å². The van der Waals surface area contributed by atoms with Crippen molar-refractivity contribution < 1.29 is 0 Å². The van der Waals surface area contributed by atoms with Gasteiger partial charge in [-0.1, -0.05) is 94.9 Å². The molecule has 0 spiro atoms. The lowest BCUT2D eigenvalue weighted by molar-refractivity contribution is 1.79. The Bertz CT molecular complexity index is 2670. The molecule has 11 aromatic carbocycles. The van der Waals surface area contributed by atoms with Crippen molar-refractivity contribution in [2.45, 2.75) is 0 Å². The number of rotatable bonds is 0. The zero-order chi connectivity index (χ0) is 29.2. The summed E-state index contributed by atoms with van der Waals surface area (Å²) in [5.41, 5.74) is 0. The Hall–Kier alpha value is -4.04. The first-order valence-electron chi connectivity index (χ1n) is 14.5. The van der Waals surface area contributed by atoms with Gasteiger partial charge >= 0.3 is 0 Å². The average molecular weight is 638 g/mol. The van der Waals surface area contributed by atoms with E-state index in [-0.39, 0.29) is 0 Å². The minimum atomic E-state index is 0.726. The highest BCUT2D eigenvalue weighted by Gasteiger charge is 2.27. The SMILES string of the molecule is Clc1ccc2c(c1)c1ccc3c4cc(Cl)ccc4c4c5ccc(Cl)cc5c5ccc6c7cc(Cl)ccc7c2c2c1c3c4c5c62. The maximum absolute atomic E-state index is 6.71. The molecule has 0 atom stereocenters. The molecule has 4 heteroatoms. The standard InChI is InChI=1S/C40H16Cl4/c41-17-1-5-21-29(13-17)25-9-10-27-31-15-19(43)3-7-23(31)34-24-8-4-20(44)16-32(24)28-12-11-26-30-14-18(42)2-6-22(30)33(21)39-35(25)37(27)40(34)38(28)36(26)39/h1-16H. The van der Waals surface area contributed by atoms with Crippen LogP contribution >= 0.6 is 46.4 Å². The number of hydrogen-bond acceptors (Lipinski definition) is 0. The zero-order valence-corrected chi connectivity index (χ0v) is 25.8. The van der Waals surface area contributed by atoms with E-state index >= 15 is 0 Å². The van der Waals surface area contributed by atoms with Crippen molar-refractivity contribution in [3.8, 4) is 0 Å². The van der Waals surface area contributed by atoms with Gasteiger partial charge in [0.15, 0.2) is 0 Å². The normalized spacial score (nSPS) is 13.0. The van der Waals surface area contributed by atoms with Crippen LogP contribution in [0.5, 0.6) is 0 Å². The van der Waals surface area contributed by atoms with Crippen molar-refractivity contribution >= 4 is 154 Å². The summed E-state index contributed by atoms with van der Waals surface area (Å²) in [5, 5.41) is 27.2. The van der Waals surface area contributed by atoms with Crippen LogP contribution < -0.4 is 0 Å². The second kappa shape index (κ2) is 7.96. The van der Waals surface area contributed by atoms with Crippen LogP contribution in [0.25, 0.3) is 108 Å². The van der Waals surface area contributed by atoms with Crippen molar-refractivity contribution in [1.29, 1.82) is 0 Å². The molecular weight excluding hydrogens is 622 g/mol. The van der Waals surface area contributed by atoms with Crippen molar-refractivity contribution in [1.82, 2.24) is 0 Å². The molecule has 0 N–H and O–H groups in total. The lowest BCUT2D eigenvalue weighted by Gasteiger charge is -2.26. The summed E-state index contributed by atoms with van der Waals surface area (Å²) in [4.78, 5) is 0. The molecular formula is C40H16Cl4. The maximum Gasteiger partial charge on any atom is 0.0412 e. The lowest BCUT2D eigenvalue weighted by Crippen LogP contribution is -1.97. The van der Waals surface area contributed by atoms with E-state index in [4.69, 9.17) is 46.4 Å². The quantitative estimate of drug-likeness (QED) is 0.115. The molecule has 0 aliphatic heterocycles. The van der Waals surface area contributed by atoms with Gasteiger partial charge in [-0.2, -0.15) is 0 Å². The largest absolute Gasteiger partial charge is 0.0843 e. The molecule has 0 heterocycles. The van der Waals surface area contributed by atoms with Crippen LogP contribution in [0, 0.1) is 0 Å². The predicted octanol–water partition coefficient (Wildman–Crippen LogP) is 14.1. The van der Waals surface area contributed by atoms with Gasteiger partial charge in [-0.05, 0) is 156 Å². The monoisotopic (exact) mass is 636 g/mol. The average Bonchev–Trinajstić information content (AvgIpc) is 3.03. The Kier molecular flexibility index (Phi) is 4.40. The van der Waals surface area contributed by atoms with Crippen LogP contribution in [0.3, 0.4) is 0 Å². The molecule has 0 aromatic heterocycles. The summed E-state index contributed by atoms with van der Waals surface area (Å²) in [5.74, 6) is 0. The van der Waals surface area contributed by atoms with Crippen molar-refractivity contribution in [3.05, 3.63) is 117 Å². The number of hydrogen-bond donors (Lipinski definition) is 0. The van der Waals surface area contributed by atoms with Gasteiger partial charge in [0, 0.05) is 20.1 Å². The van der Waals surface area contributed by atoms with Gasteiger partial charge in [-0.25, -0.2) is 0 Å². The molecule has 0 nitrogen and oxygen atoms in total. The van der Waals surface area contributed by atoms with E-state index in [1.54, 1.807) is 0 Å². The second-order valence-electron chi connectivity index (χ2n) is 12.1. The van der Waals surface area contributed by atoms with Crippen LogP contribution in [0.2, 0.25) is 20.1 Å². The molecule has 0 saturated heterocycles. The molecule has 11 aromatic rings. The summed E-state index contributed by atoms with van der Waals surface area (Å²) in [6, 6.07) is 34.4. The van der Waals surface area contributed by atoms with E-state index in [1.165, 1.54) is 86.2 Å². The molecule has 0 amide bonds. The van der Waals surface area contributed by atoms with Gasteiger partial charge in [0.05, 0.1) is 0 Å². The predicted molar refractivity (Wildman–Crippen MR) is 195 cm³/mol. The highest BCUT2D eigenvalue weighted by molar-refractivity contribution is 6.56. The molecule has 0 aliphatic rings. The van der Waals surface area contributed by atoms with E-state index in [9.17, 15) is 0 Å². The van der Waals surface area contributed by atoms with Gasteiger partial charge in [0.25, 0.3) is 0 Å². The van der Waals surface area contributed by atoms with Crippen molar-refractivity contribution in [2.24, 2.45) is 0 Å². The Morgan fingerprint density at radius 3 is 0.659 bits per heavy atom. The Balaban J connectivity index is 1.66. The third-order valence-corrected chi connectivity index (χ3v) is 11.0. The highest BCUT2D eigenvalue weighted by atomic mass is 35.5. The maximum atomic E-state index is 6.71. The first kappa shape index (κ1) is 24.3. The minimum Gasteiger partial charge on any atom is -0.0843 e. The Morgan fingerprint density at radius 2 is 0.409 bits per heavy atom. The van der Waals surface area contributed by atoms with Gasteiger partial charge in [-0.3, -0.25) is 0 Å². The Labute approximate surface area is 269 Å². The molecule has 0 radical (unpaired) electrons. The molecule has 0 bridgehead atoms. The molecule has 204 valence electrons. The fourth-order valence-electron chi connectivity index (χ4n) is 8.55. The summed E-state index contributed by atoms with van der Waals surface area (Å²) in [7, 11) is 0. The van der Waals surface area contributed by atoms with Crippen LogP contribution in [0.4, 0.5) is 0 Å². The van der Waals surface area contributed by atoms with Gasteiger partial charge in [0.1, 0.15) is 0 Å². The minimum absolute atomic E-state index is 0.726. The Morgan fingerprint density at radius 1 is 0.205 bits per heavy atom. The van der Waals surface area contributed by atoms with E-state index in [1.807, 2.05) is 24.3 Å². The first-order chi connectivity index (χ1) is 21.5. The first-order valence-corrected chi connectivity index (χ1v) is 16.0. The summed E-state index contributed by atoms with van der Waals surface area (Å²) in [6.45, 7) is 0.